The van der Waals surface area contributed by atoms with Crippen molar-refractivity contribution in [2.75, 3.05) is 5.32 Å². The van der Waals surface area contributed by atoms with Crippen LogP contribution in [0.2, 0.25) is 5.28 Å². The second-order valence-electron chi connectivity index (χ2n) is 5.51. The van der Waals surface area contributed by atoms with E-state index in [2.05, 4.69) is 29.1 Å². The van der Waals surface area contributed by atoms with Gasteiger partial charge in [-0.15, -0.1) is 0 Å². The number of rotatable bonds is 2. The van der Waals surface area contributed by atoms with Crippen LogP contribution >= 0.6 is 11.6 Å². The molecule has 0 spiro atoms. The van der Waals surface area contributed by atoms with E-state index in [9.17, 15) is 13.2 Å². The zero-order valence-corrected chi connectivity index (χ0v) is 12.1. The van der Waals surface area contributed by atoms with E-state index >= 15 is 0 Å². The highest BCUT2D eigenvalue weighted by Crippen LogP contribution is 2.33. The normalized spacial score (nSPS) is 27.4. The van der Waals surface area contributed by atoms with Crippen LogP contribution in [0.15, 0.2) is 6.07 Å². The van der Waals surface area contributed by atoms with Crippen molar-refractivity contribution in [2.24, 2.45) is 11.8 Å². The van der Waals surface area contributed by atoms with Crippen molar-refractivity contribution in [2.45, 2.75) is 45.3 Å². The number of hydrogen-bond donors (Lipinski definition) is 1. The van der Waals surface area contributed by atoms with E-state index in [1.807, 2.05) is 0 Å². The lowest BCUT2D eigenvalue weighted by Gasteiger charge is -2.32. The van der Waals surface area contributed by atoms with Gasteiger partial charge in [-0.05, 0) is 42.7 Å². The number of nitrogens with one attached hydrogen (secondary N) is 1. The van der Waals surface area contributed by atoms with Crippen molar-refractivity contribution >= 4 is 17.4 Å². The van der Waals surface area contributed by atoms with Crippen LogP contribution in [0, 0.1) is 11.8 Å². The van der Waals surface area contributed by atoms with Gasteiger partial charge in [-0.1, -0.05) is 13.8 Å². The highest BCUT2D eigenvalue weighted by molar-refractivity contribution is 6.28. The van der Waals surface area contributed by atoms with Gasteiger partial charge in [0, 0.05) is 12.1 Å². The monoisotopic (exact) mass is 307 g/mol. The highest BCUT2D eigenvalue weighted by Gasteiger charge is 2.34. The first-order valence-electron chi connectivity index (χ1n) is 6.64. The Hall–Kier alpha value is -1.04. The van der Waals surface area contributed by atoms with E-state index in [0.717, 1.165) is 25.3 Å². The van der Waals surface area contributed by atoms with Gasteiger partial charge in [-0.25, -0.2) is 9.97 Å². The van der Waals surface area contributed by atoms with Gasteiger partial charge in [0.2, 0.25) is 5.28 Å². The maximum atomic E-state index is 12.7. The average Bonchev–Trinajstić information content (AvgIpc) is 2.32. The van der Waals surface area contributed by atoms with Gasteiger partial charge in [-0.2, -0.15) is 13.2 Å². The van der Waals surface area contributed by atoms with Gasteiger partial charge in [0.1, 0.15) is 5.82 Å². The summed E-state index contributed by atoms with van der Waals surface area (Å²) >= 11 is 5.56. The summed E-state index contributed by atoms with van der Waals surface area (Å²) in [6, 6.07) is 1.04. The van der Waals surface area contributed by atoms with E-state index in [1.54, 1.807) is 0 Å². The Balaban J connectivity index is 2.12. The Labute approximate surface area is 120 Å². The van der Waals surface area contributed by atoms with Gasteiger partial charge >= 0.3 is 6.18 Å². The third kappa shape index (κ3) is 3.75. The molecule has 3 unspecified atom stereocenters. The van der Waals surface area contributed by atoms with Gasteiger partial charge < -0.3 is 5.32 Å². The van der Waals surface area contributed by atoms with E-state index in [0.29, 0.717) is 11.8 Å². The van der Waals surface area contributed by atoms with Crippen molar-refractivity contribution in [3.8, 4) is 0 Å². The Morgan fingerprint density at radius 3 is 2.50 bits per heavy atom. The lowest BCUT2D eigenvalue weighted by atomic mass is 9.79. The van der Waals surface area contributed by atoms with Crippen molar-refractivity contribution in [3.05, 3.63) is 17.0 Å². The predicted molar refractivity (Wildman–Crippen MR) is 71.6 cm³/mol. The minimum atomic E-state index is -4.52. The summed E-state index contributed by atoms with van der Waals surface area (Å²) in [5.74, 6) is 1.33. The summed E-state index contributed by atoms with van der Waals surface area (Å²) in [4.78, 5) is 7.04. The summed E-state index contributed by atoms with van der Waals surface area (Å²) in [6.07, 6.45) is -1.61. The van der Waals surface area contributed by atoms with Crippen LogP contribution in [-0.4, -0.2) is 16.0 Å². The lowest BCUT2D eigenvalue weighted by Crippen LogP contribution is -2.30. The first-order chi connectivity index (χ1) is 9.25. The van der Waals surface area contributed by atoms with Gasteiger partial charge in [0.05, 0.1) is 0 Å². The molecular weight excluding hydrogens is 291 g/mol. The highest BCUT2D eigenvalue weighted by atomic mass is 35.5. The molecule has 1 aliphatic carbocycles. The molecule has 0 saturated heterocycles. The van der Waals surface area contributed by atoms with Crippen LogP contribution in [0.25, 0.3) is 0 Å². The summed E-state index contributed by atoms with van der Waals surface area (Å²) in [7, 11) is 0. The van der Waals surface area contributed by atoms with E-state index < -0.39 is 11.9 Å². The first-order valence-corrected chi connectivity index (χ1v) is 7.02. The largest absolute Gasteiger partial charge is 0.433 e. The molecular formula is C13H17ClF3N3. The number of nitrogens with zero attached hydrogens (tertiary/aromatic N) is 2. The number of anilines is 1. The SMILES string of the molecule is CC1CCC(Nc2cc(C(F)(F)F)nc(Cl)n2)CC1C. The first kappa shape index (κ1) is 15.4. The Bertz CT molecular complexity index is 478. The van der Waals surface area contributed by atoms with Crippen molar-refractivity contribution in [1.29, 1.82) is 0 Å². The molecule has 1 fully saturated rings. The smallest absolute Gasteiger partial charge is 0.367 e. The molecule has 2 rings (SSSR count). The molecule has 3 nitrogen and oxygen atoms in total. The number of alkyl halides is 3. The number of aromatic nitrogens is 2. The standard InChI is InChI=1S/C13H17ClF3N3/c1-7-3-4-9(5-8(7)2)18-11-6-10(13(15,16)17)19-12(14)20-11/h6-9H,3-5H2,1-2H3,(H,18,19,20). The zero-order chi connectivity index (χ0) is 14.9. The molecule has 1 N–H and O–H groups in total. The van der Waals surface area contributed by atoms with Crippen molar-refractivity contribution in [1.82, 2.24) is 9.97 Å². The molecule has 0 aliphatic heterocycles. The Morgan fingerprint density at radius 2 is 1.90 bits per heavy atom. The maximum absolute atomic E-state index is 12.7. The van der Waals surface area contributed by atoms with Crippen molar-refractivity contribution in [3.63, 3.8) is 0 Å². The molecule has 7 heteroatoms. The second-order valence-corrected chi connectivity index (χ2v) is 5.85. The fourth-order valence-corrected chi connectivity index (χ4v) is 2.71. The maximum Gasteiger partial charge on any atom is 0.433 e. The summed E-state index contributed by atoms with van der Waals surface area (Å²) in [5.41, 5.74) is -1.02. The molecule has 1 saturated carbocycles. The third-order valence-electron chi connectivity index (χ3n) is 3.94. The Kier molecular flexibility index (Phi) is 4.42. The van der Waals surface area contributed by atoms with Crippen molar-refractivity contribution < 1.29 is 13.2 Å². The predicted octanol–water partition coefficient (Wildman–Crippen LogP) is 4.39. The molecule has 0 aromatic carbocycles. The second kappa shape index (κ2) is 5.76. The summed E-state index contributed by atoms with van der Waals surface area (Å²) in [5, 5.41) is 2.66. The lowest BCUT2D eigenvalue weighted by molar-refractivity contribution is -0.141. The van der Waals surface area contributed by atoms with Crippen LogP contribution in [-0.2, 0) is 6.18 Å². The minimum absolute atomic E-state index is 0.133. The molecule has 1 heterocycles. The molecule has 0 radical (unpaired) electrons. The van der Waals surface area contributed by atoms with Gasteiger partial charge in [0.15, 0.2) is 5.69 Å². The molecule has 1 aliphatic rings. The van der Waals surface area contributed by atoms with Crippen LogP contribution in [0.5, 0.6) is 0 Å². The molecule has 20 heavy (non-hydrogen) atoms. The van der Waals surface area contributed by atoms with E-state index in [4.69, 9.17) is 11.6 Å². The fourth-order valence-electron chi connectivity index (χ4n) is 2.52. The molecule has 0 amide bonds. The van der Waals surface area contributed by atoms with E-state index in [-0.39, 0.29) is 17.1 Å². The van der Waals surface area contributed by atoms with Crippen LogP contribution in [0.1, 0.15) is 38.8 Å². The summed E-state index contributed by atoms with van der Waals surface area (Å²) in [6.45, 7) is 4.36. The molecule has 3 atom stereocenters. The van der Waals surface area contributed by atoms with Crippen LogP contribution < -0.4 is 5.32 Å². The number of hydrogen-bond acceptors (Lipinski definition) is 3. The number of halogens is 4. The Morgan fingerprint density at radius 1 is 1.20 bits per heavy atom. The van der Waals surface area contributed by atoms with Gasteiger partial charge in [0.25, 0.3) is 0 Å². The summed E-state index contributed by atoms with van der Waals surface area (Å²) < 4.78 is 38.0. The van der Waals surface area contributed by atoms with Gasteiger partial charge in [-0.3, -0.25) is 0 Å². The average molecular weight is 308 g/mol. The third-order valence-corrected chi connectivity index (χ3v) is 4.11. The van der Waals surface area contributed by atoms with E-state index in [1.165, 1.54) is 0 Å². The quantitative estimate of drug-likeness (QED) is 0.824. The van der Waals surface area contributed by atoms with Crippen LogP contribution in [0.3, 0.4) is 0 Å². The topological polar surface area (TPSA) is 37.8 Å². The molecule has 0 bridgehead atoms. The minimum Gasteiger partial charge on any atom is -0.367 e. The molecule has 1 aromatic rings. The molecule has 112 valence electrons. The molecule has 1 aromatic heterocycles. The zero-order valence-electron chi connectivity index (χ0n) is 11.3. The van der Waals surface area contributed by atoms with Crippen LogP contribution in [0.4, 0.5) is 19.0 Å². The fraction of sp³-hybridized carbons (Fsp3) is 0.692.